The van der Waals surface area contributed by atoms with Crippen molar-refractivity contribution in [3.8, 4) is 0 Å². The van der Waals surface area contributed by atoms with Crippen LogP contribution >= 0.6 is 0 Å². The zero-order chi connectivity index (χ0) is 25.3. The van der Waals surface area contributed by atoms with Crippen LogP contribution in [0.1, 0.15) is 113 Å². The van der Waals surface area contributed by atoms with Crippen LogP contribution in [-0.2, 0) is 9.59 Å². The van der Waals surface area contributed by atoms with Crippen molar-refractivity contribution in [3.63, 3.8) is 0 Å². The van der Waals surface area contributed by atoms with Crippen LogP contribution in [0.3, 0.4) is 0 Å². The number of aliphatic hydroxyl groups is 1. The molecule has 4 nitrogen and oxygen atoms in total. The third-order valence-electron chi connectivity index (χ3n) is 12.2. The van der Waals surface area contributed by atoms with Gasteiger partial charge >= 0.3 is 5.97 Å². The van der Waals surface area contributed by atoms with Gasteiger partial charge in [0.2, 0.25) is 0 Å². The molecule has 4 saturated carbocycles. The minimum atomic E-state index is -1.65. The van der Waals surface area contributed by atoms with Crippen molar-refractivity contribution in [2.45, 2.75) is 118 Å². The van der Waals surface area contributed by atoms with Crippen molar-refractivity contribution >= 4 is 11.8 Å². The zero-order valence-corrected chi connectivity index (χ0v) is 22.7. The maximum absolute atomic E-state index is 12.9. The molecule has 0 bridgehead atoms. The van der Waals surface area contributed by atoms with E-state index in [9.17, 15) is 19.8 Å². The summed E-state index contributed by atoms with van der Waals surface area (Å²) in [4.78, 5) is 25.3. The summed E-state index contributed by atoms with van der Waals surface area (Å²) in [6.45, 7) is 15.8. The molecule has 0 spiro atoms. The van der Waals surface area contributed by atoms with E-state index < -0.39 is 11.6 Å². The van der Waals surface area contributed by atoms with Crippen LogP contribution in [0.4, 0.5) is 0 Å². The molecule has 4 aliphatic carbocycles. The van der Waals surface area contributed by atoms with Crippen molar-refractivity contribution in [1.82, 2.24) is 0 Å². The molecule has 0 aromatic rings. The van der Waals surface area contributed by atoms with Gasteiger partial charge in [0.15, 0.2) is 5.60 Å². The predicted octanol–water partition coefficient (Wildman–Crippen LogP) is 6.80. The Kier molecular flexibility index (Phi) is 6.24. The topological polar surface area (TPSA) is 74.6 Å². The molecule has 4 heteroatoms. The van der Waals surface area contributed by atoms with Crippen LogP contribution in [0.5, 0.6) is 0 Å². The number of carbonyl (C=O) groups is 2. The number of fused-ring (bicyclic) bond motifs is 5. The first kappa shape index (κ1) is 25.9. The second-order valence-electron chi connectivity index (χ2n) is 14.0. The van der Waals surface area contributed by atoms with Gasteiger partial charge in [-0.05, 0) is 106 Å². The molecule has 2 N–H and O–H groups in total. The van der Waals surface area contributed by atoms with E-state index in [2.05, 4.69) is 40.7 Å². The molecule has 0 aromatic carbocycles. The average molecular weight is 473 g/mol. The van der Waals surface area contributed by atoms with Gasteiger partial charge in [-0.1, -0.05) is 46.3 Å². The Morgan fingerprint density at radius 1 is 0.971 bits per heavy atom. The van der Waals surface area contributed by atoms with Crippen molar-refractivity contribution in [3.05, 3.63) is 11.6 Å². The lowest BCUT2D eigenvalue weighted by Gasteiger charge is -2.69. The largest absolute Gasteiger partial charge is 0.479 e. The van der Waals surface area contributed by atoms with Crippen molar-refractivity contribution in [2.75, 3.05) is 0 Å². The number of rotatable bonds is 5. The third-order valence-corrected chi connectivity index (χ3v) is 12.2. The molecule has 0 radical (unpaired) electrons. The molecule has 0 unspecified atom stereocenters. The quantitative estimate of drug-likeness (QED) is 0.431. The Balaban J connectivity index is 1.66. The van der Waals surface area contributed by atoms with E-state index in [1.54, 1.807) is 0 Å². The number of hydrogen-bond donors (Lipinski definition) is 2. The summed E-state index contributed by atoms with van der Waals surface area (Å²) in [7, 11) is 0. The monoisotopic (exact) mass is 472 g/mol. The second-order valence-corrected chi connectivity index (χ2v) is 14.0. The van der Waals surface area contributed by atoms with Gasteiger partial charge in [0.1, 0.15) is 5.78 Å². The number of Topliss-reactive ketones (excluding diaryl/α,β-unsaturated/α-hetero) is 1. The lowest BCUT2D eigenvalue weighted by molar-refractivity contribution is -0.209. The van der Waals surface area contributed by atoms with Gasteiger partial charge in [-0.2, -0.15) is 0 Å². The first-order valence-electron chi connectivity index (χ1n) is 13.8. The summed E-state index contributed by atoms with van der Waals surface area (Å²) in [5.41, 5.74) is -0.443. The fourth-order valence-electron chi connectivity index (χ4n) is 10.1. The fourth-order valence-corrected chi connectivity index (χ4v) is 10.1. The van der Waals surface area contributed by atoms with Gasteiger partial charge in [0.25, 0.3) is 0 Å². The second kappa shape index (κ2) is 8.18. The molecule has 4 rings (SSSR count). The molecule has 0 aromatic heterocycles. The van der Waals surface area contributed by atoms with Gasteiger partial charge in [0.05, 0.1) is 0 Å². The summed E-state index contributed by atoms with van der Waals surface area (Å²) in [6, 6.07) is 0. The standard InChI is InChI=1S/C30H48O4/c1-19(2)9-8-15-30(34,25(32)33)21-12-17-28(6)20(21)10-11-23-27(5)16-14-24(31)26(3,4)22(27)13-18-29(23,28)7/h9,20-23,34H,8,10-18H2,1-7H3,(H,32,33)/t20-,21+,22+,23-,27+,28-,29-,30+/m1/s1. The molecular weight excluding hydrogens is 424 g/mol. The van der Waals surface area contributed by atoms with E-state index in [4.69, 9.17) is 0 Å². The maximum atomic E-state index is 12.9. The van der Waals surface area contributed by atoms with E-state index in [1.807, 2.05) is 13.8 Å². The summed E-state index contributed by atoms with van der Waals surface area (Å²) in [6.07, 6.45) is 10.7. The zero-order valence-electron chi connectivity index (χ0n) is 22.7. The van der Waals surface area contributed by atoms with Crippen molar-refractivity contribution in [2.24, 2.45) is 45.3 Å². The van der Waals surface area contributed by atoms with Crippen LogP contribution in [0.2, 0.25) is 0 Å². The highest BCUT2D eigenvalue weighted by atomic mass is 16.4. The van der Waals surface area contributed by atoms with Crippen LogP contribution in [0, 0.1) is 45.3 Å². The van der Waals surface area contributed by atoms with Crippen LogP contribution in [-0.4, -0.2) is 27.6 Å². The normalized spacial score (nSPS) is 44.9. The van der Waals surface area contributed by atoms with E-state index in [1.165, 1.54) is 0 Å². The summed E-state index contributed by atoms with van der Waals surface area (Å²) in [5, 5.41) is 21.8. The third kappa shape index (κ3) is 3.40. The minimum absolute atomic E-state index is 0.0279. The van der Waals surface area contributed by atoms with Gasteiger partial charge in [0, 0.05) is 17.8 Å². The molecule has 4 fully saturated rings. The Bertz CT molecular complexity index is 884. The molecule has 0 heterocycles. The highest BCUT2D eigenvalue weighted by Crippen LogP contribution is 2.75. The number of carbonyl (C=O) groups excluding carboxylic acids is 1. The van der Waals surface area contributed by atoms with Crippen LogP contribution in [0.25, 0.3) is 0 Å². The molecule has 8 atom stereocenters. The van der Waals surface area contributed by atoms with Crippen LogP contribution < -0.4 is 0 Å². The summed E-state index contributed by atoms with van der Waals surface area (Å²) < 4.78 is 0. The Hall–Kier alpha value is -1.16. The van der Waals surface area contributed by atoms with E-state index in [-0.39, 0.29) is 33.5 Å². The molecule has 0 amide bonds. The fraction of sp³-hybridized carbons (Fsp3) is 0.867. The number of aliphatic carboxylic acids is 1. The minimum Gasteiger partial charge on any atom is -0.479 e. The summed E-state index contributed by atoms with van der Waals surface area (Å²) >= 11 is 0. The van der Waals surface area contributed by atoms with Crippen LogP contribution in [0.15, 0.2) is 11.6 Å². The Morgan fingerprint density at radius 3 is 2.24 bits per heavy atom. The lowest BCUT2D eigenvalue weighted by Crippen LogP contribution is -2.64. The number of carboxylic acid groups (broad SMARTS) is 1. The average Bonchev–Trinajstić information content (AvgIpc) is 3.09. The number of carboxylic acids is 1. The van der Waals surface area contributed by atoms with Gasteiger partial charge in [-0.3, -0.25) is 4.79 Å². The Labute approximate surface area is 207 Å². The number of allylic oxidation sites excluding steroid dienone is 2. The van der Waals surface area contributed by atoms with Crippen molar-refractivity contribution < 1.29 is 19.8 Å². The smallest absolute Gasteiger partial charge is 0.335 e. The molecule has 34 heavy (non-hydrogen) atoms. The maximum Gasteiger partial charge on any atom is 0.335 e. The van der Waals surface area contributed by atoms with Crippen molar-refractivity contribution in [1.29, 1.82) is 0 Å². The first-order valence-corrected chi connectivity index (χ1v) is 13.8. The first-order chi connectivity index (χ1) is 15.6. The van der Waals surface area contributed by atoms with E-state index in [0.717, 1.165) is 50.5 Å². The molecule has 192 valence electrons. The molecule has 4 aliphatic rings. The molecule has 0 saturated heterocycles. The molecule has 0 aliphatic heterocycles. The van der Waals surface area contributed by atoms with Gasteiger partial charge < -0.3 is 10.2 Å². The Morgan fingerprint density at radius 2 is 1.62 bits per heavy atom. The lowest BCUT2D eigenvalue weighted by atomic mass is 9.35. The number of ketones is 1. The molecular formula is C30H48O4. The summed E-state index contributed by atoms with van der Waals surface area (Å²) in [5.74, 6) is 0.418. The predicted molar refractivity (Wildman–Crippen MR) is 135 cm³/mol. The van der Waals surface area contributed by atoms with E-state index >= 15 is 0 Å². The SMILES string of the molecule is CC(C)=CCC[C@@](O)(C(=O)O)[C@H]1CC[C@]2(C)[C@@H]1CC[C@@H]1[C@@]3(C)CCC(=O)C(C)(C)[C@@H]3CC[C@]12C. The highest BCUT2D eigenvalue weighted by molar-refractivity contribution is 5.85. The highest BCUT2D eigenvalue weighted by Gasteiger charge is 2.70. The van der Waals surface area contributed by atoms with Gasteiger partial charge in [-0.25, -0.2) is 4.79 Å². The van der Waals surface area contributed by atoms with Gasteiger partial charge in [-0.15, -0.1) is 0 Å². The number of hydrogen-bond acceptors (Lipinski definition) is 3. The van der Waals surface area contributed by atoms with E-state index in [0.29, 0.717) is 36.9 Å².